The zero-order chi connectivity index (χ0) is 35.2. The van der Waals surface area contributed by atoms with Crippen LogP contribution in [0, 0.1) is 6.92 Å². The predicted molar refractivity (Wildman–Crippen MR) is 219 cm³/mol. The lowest BCUT2D eigenvalue weighted by molar-refractivity contribution is 0.660. The Balaban J connectivity index is 1.07. The molecule has 0 bridgehead atoms. The highest BCUT2D eigenvalue weighted by molar-refractivity contribution is 5.98. The Morgan fingerprint density at radius 1 is 0.462 bits per heavy atom. The van der Waals surface area contributed by atoms with Gasteiger partial charge in [-0.3, -0.25) is 4.90 Å². The number of anilines is 6. The van der Waals surface area contributed by atoms with Crippen molar-refractivity contribution < 1.29 is 0 Å². The maximum Gasteiger partial charge on any atom is 0.137 e. The Morgan fingerprint density at radius 2 is 1.08 bits per heavy atom. The zero-order valence-corrected chi connectivity index (χ0v) is 29.7. The first-order valence-corrected chi connectivity index (χ1v) is 18.0. The van der Waals surface area contributed by atoms with Crippen LogP contribution < -0.4 is 9.80 Å². The van der Waals surface area contributed by atoms with Crippen molar-refractivity contribution in [2.45, 2.75) is 26.2 Å². The summed E-state index contributed by atoms with van der Waals surface area (Å²) in [4.78, 5) is 9.68. The molecule has 0 atom stereocenters. The van der Waals surface area contributed by atoms with Gasteiger partial charge in [-0.25, -0.2) is 4.98 Å². The SMILES string of the molecule is Cc1ccc(N(c2ccc(-c3ccc(N(c4ccccc4)c4ccc5c(c4)C(C)(C)c4ccccc4-5)cc3)cn2)c2cccc3ccccc23)cc1. The minimum Gasteiger partial charge on any atom is -0.310 e. The number of fused-ring (bicyclic) bond motifs is 4. The molecule has 0 N–H and O–H groups in total. The van der Waals surface area contributed by atoms with E-state index in [1.165, 1.54) is 38.6 Å². The highest BCUT2D eigenvalue weighted by Crippen LogP contribution is 2.50. The van der Waals surface area contributed by atoms with Crippen molar-refractivity contribution >= 4 is 45.0 Å². The monoisotopic (exact) mass is 669 g/mol. The van der Waals surface area contributed by atoms with E-state index >= 15 is 0 Å². The van der Waals surface area contributed by atoms with Gasteiger partial charge in [0.05, 0.1) is 5.69 Å². The third kappa shape index (κ3) is 5.43. The van der Waals surface area contributed by atoms with E-state index in [9.17, 15) is 0 Å². The molecule has 250 valence electrons. The van der Waals surface area contributed by atoms with E-state index in [4.69, 9.17) is 4.98 Å². The molecule has 8 aromatic rings. The van der Waals surface area contributed by atoms with Gasteiger partial charge in [-0.2, -0.15) is 0 Å². The second kappa shape index (κ2) is 12.7. The summed E-state index contributed by atoms with van der Waals surface area (Å²) < 4.78 is 0. The number of hydrogen-bond donors (Lipinski definition) is 0. The van der Waals surface area contributed by atoms with Crippen molar-refractivity contribution in [1.82, 2.24) is 4.98 Å². The van der Waals surface area contributed by atoms with E-state index in [2.05, 4.69) is 206 Å². The van der Waals surface area contributed by atoms with Crippen molar-refractivity contribution in [1.29, 1.82) is 0 Å². The standard InChI is InChI=1S/C49H39N3/c1-34-20-25-40(26-21-34)52(47-19-11-13-36-12-7-8-16-42(36)47)48-31-24-37(33-50-48)35-22-27-39(28-23-35)51(38-14-5-4-6-15-38)41-29-30-44-43-17-9-10-18-45(43)49(2,3)46(44)32-41/h4-33H,1-3H3. The fourth-order valence-corrected chi connectivity index (χ4v) is 7.84. The van der Waals surface area contributed by atoms with Gasteiger partial charge in [0.2, 0.25) is 0 Å². The maximum absolute atomic E-state index is 5.07. The minimum atomic E-state index is -0.0735. The molecule has 52 heavy (non-hydrogen) atoms. The summed E-state index contributed by atoms with van der Waals surface area (Å²) in [6.45, 7) is 6.80. The van der Waals surface area contributed by atoms with Gasteiger partial charge >= 0.3 is 0 Å². The average molecular weight is 670 g/mol. The predicted octanol–water partition coefficient (Wildman–Crippen LogP) is 13.5. The van der Waals surface area contributed by atoms with Crippen LogP contribution in [0.25, 0.3) is 33.0 Å². The summed E-state index contributed by atoms with van der Waals surface area (Å²) in [7, 11) is 0. The molecule has 0 saturated carbocycles. The molecule has 0 spiro atoms. The molecule has 3 nitrogen and oxygen atoms in total. The number of aryl methyl sites for hydroxylation is 1. The van der Waals surface area contributed by atoms with Crippen LogP contribution in [0.1, 0.15) is 30.5 Å². The number of benzene rings is 7. The topological polar surface area (TPSA) is 19.4 Å². The number of nitrogens with zero attached hydrogens (tertiary/aromatic N) is 3. The van der Waals surface area contributed by atoms with E-state index in [1.807, 2.05) is 6.20 Å². The number of hydrogen-bond acceptors (Lipinski definition) is 3. The quantitative estimate of drug-likeness (QED) is 0.168. The first kappa shape index (κ1) is 31.5. The molecule has 9 rings (SSSR count). The normalized spacial score (nSPS) is 12.7. The Bertz CT molecular complexity index is 2530. The van der Waals surface area contributed by atoms with Crippen molar-refractivity contribution in [2.75, 3.05) is 9.80 Å². The van der Waals surface area contributed by atoms with Crippen molar-refractivity contribution in [3.8, 4) is 22.3 Å². The molecule has 0 fully saturated rings. The van der Waals surface area contributed by atoms with Crippen LogP contribution in [0.5, 0.6) is 0 Å². The third-order valence-corrected chi connectivity index (χ3v) is 10.6. The number of rotatable bonds is 7. The van der Waals surface area contributed by atoms with Gasteiger partial charge in [-0.15, -0.1) is 0 Å². The summed E-state index contributed by atoms with van der Waals surface area (Å²) in [6.07, 6.45) is 1.99. The van der Waals surface area contributed by atoms with Gasteiger partial charge < -0.3 is 4.90 Å². The fourth-order valence-electron chi connectivity index (χ4n) is 7.84. The average Bonchev–Trinajstić information content (AvgIpc) is 3.42. The molecular weight excluding hydrogens is 631 g/mol. The lowest BCUT2D eigenvalue weighted by atomic mass is 9.82. The van der Waals surface area contributed by atoms with Crippen LogP contribution in [0.4, 0.5) is 34.3 Å². The lowest BCUT2D eigenvalue weighted by Gasteiger charge is -2.28. The Labute approximate surface area is 306 Å². The fraction of sp³-hybridized carbons (Fsp3) is 0.0816. The van der Waals surface area contributed by atoms with Gasteiger partial charge in [-0.05, 0) is 107 Å². The third-order valence-electron chi connectivity index (χ3n) is 10.6. The molecule has 0 saturated heterocycles. The Morgan fingerprint density at radius 3 is 1.87 bits per heavy atom. The molecule has 0 aliphatic heterocycles. The van der Waals surface area contributed by atoms with Crippen LogP contribution in [-0.2, 0) is 5.41 Å². The number of pyridine rings is 1. The van der Waals surface area contributed by atoms with E-state index in [0.717, 1.165) is 45.4 Å². The van der Waals surface area contributed by atoms with E-state index in [1.54, 1.807) is 0 Å². The van der Waals surface area contributed by atoms with Crippen molar-refractivity contribution in [3.63, 3.8) is 0 Å². The van der Waals surface area contributed by atoms with Gasteiger partial charge in [0.25, 0.3) is 0 Å². The Hall–Kier alpha value is -6.45. The van der Waals surface area contributed by atoms with Crippen molar-refractivity contribution in [3.05, 3.63) is 199 Å². The molecule has 0 unspecified atom stereocenters. The summed E-state index contributed by atoms with van der Waals surface area (Å²) in [5, 5.41) is 2.39. The molecule has 7 aromatic carbocycles. The molecular formula is C49H39N3. The maximum atomic E-state index is 5.07. The lowest BCUT2D eigenvalue weighted by Crippen LogP contribution is -2.16. The van der Waals surface area contributed by atoms with Crippen LogP contribution in [0.15, 0.2) is 182 Å². The minimum absolute atomic E-state index is 0.0735. The van der Waals surface area contributed by atoms with Gasteiger partial charge in [0.1, 0.15) is 5.82 Å². The first-order valence-electron chi connectivity index (χ1n) is 18.0. The summed E-state index contributed by atoms with van der Waals surface area (Å²) >= 11 is 0. The van der Waals surface area contributed by atoms with Crippen LogP contribution in [0.2, 0.25) is 0 Å². The first-order chi connectivity index (χ1) is 25.5. The highest BCUT2D eigenvalue weighted by atomic mass is 15.2. The second-order valence-corrected chi connectivity index (χ2v) is 14.2. The van der Waals surface area contributed by atoms with E-state index in [0.29, 0.717) is 0 Å². The van der Waals surface area contributed by atoms with Crippen molar-refractivity contribution in [2.24, 2.45) is 0 Å². The largest absolute Gasteiger partial charge is 0.310 e. The molecule has 3 heteroatoms. The highest BCUT2D eigenvalue weighted by Gasteiger charge is 2.35. The van der Waals surface area contributed by atoms with Crippen LogP contribution in [0.3, 0.4) is 0 Å². The van der Waals surface area contributed by atoms with Gasteiger partial charge in [0, 0.05) is 45.3 Å². The molecule has 1 heterocycles. The molecule has 1 aliphatic rings. The molecule has 0 radical (unpaired) electrons. The molecule has 1 aliphatic carbocycles. The van der Waals surface area contributed by atoms with Crippen LogP contribution in [-0.4, -0.2) is 4.98 Å². The van der Waals surface area contributed by atoms with Gasteiger partial charge in [-0.1, -0.05) is 129 Å². The zero-order valence-electron chi connectivity index (χ0n) is 29.7. The van der Waals surface area contributed by atoms with Gasteiger partial charge in [0.15, 0.2) is 0 Å². The van der Waals surface area contributed by atoms with Crippen LogP contribution >= 0.6 is 0 Å². The summed E-state index contributed by atoms with van der Waals surface area (Å²) in [5.41, 5.74) is 14.3. The summed E-state index contributed by atoms with van der Waals surface area (Å²) in [5.74, 6) is 0.873. The molecule has 0 amide bonds. The van der Waals surface area contributed by atoms with E-state index in [-0.39, 0.29) is 5.41 Å². The summed E-state index contributed by atoms with van der Waals surface area (Å²) in [6, 6.07) is 63.2. The molecule has 1 aromatic heterocycles. The Kier molecular flexibility index (Phi) is 7.70. The second-order valence-electron chi connectivity index (χ2n) is 14.2. The smallest absolute Gasteiger partial charge is 0.137 e. The van der Waals surface area contributed by atoms with E-state index < -0.39 is 0 Å². The number of aromatic nitrogens is 1. The number of para-hydroxylation sites is 1.